The molecule has 0 spiro atoms. The quantitative estimate of drug-likeness (QED) is 0.902. The second-order valence-corrected chi connectivity index (χ2v) is 4.92. The molecule has 1 heterocycles. The van der Waals surface area contributed by atoms with Gasteiger partial charge >= 0.3 is 0 Å². The zero-order chi connectivity index (χ0) is 12.4. The molecule has 3 nitrogen and oxygen atoms in total. The lowest BCUT2D eigenvalue weighted by molar-refractivity contribution is 0.438. The topological polar surface area (TPSA) is 52.0 Å². The standard InChI is InChI=1S/C13H15ClN2O/c1-8(2)6-11-12(16-17-13(11)15)9-4-3-5-10(14)7-9/h3-5,7-8H,6,15H2,1-2H3. The number of rotatable bonds is 3. The smallest absolute Gasteiger partial charge is 0.225 e. The number of nitrogens with zero attached hydrogens (tertiary/aromatic N) is 1. The summed E-state index contributed by atoms with van der Waals surface area (Å²) in [5.74, 6) is 0.892. The van der Waals surface area contributed by atoms with Crippen LogP contribution in [0.25, 0.3) is 11.3 Å². The molecule has 90 valence electrons. The first-order valence-electron chi connectivity index (χ1n) is 5.58. The summed E-state index contributed by atoms with van der Waals surface area (Å²) in [4.78, 5) is 0. The van der Waals surface area contributed by atoms with Crippen molar-refractivity contribution in [3.63, 3.8) is 0 Å². The summed E-state index contributed by atoms with van der Waals surface area (Å²) in [5, 5.41) is 4.70. The van der Waals surface area contributed by atoms with E-state index in [2.05, 4.69) is 19.0 Å². The van der Waals surface area contributed by atoms with Crippen molar-refractivity contribution in [1.82, 2.24) is 5.16 Å². The average Bonchev–Trinajstić information content (AvgIpc) is 2.60. The van der Waals surface area contributed by atoms with Gasteiger partial charge in [-0.15, -0.1) is 0 Å². The first-order valence-corrected chi connectivity index (χ1v) is 5.95. The molecule has 0 bridgehead atoms. The van der Waals surface area contributed by atoms with E-state index in [4.69, 9.17) is 21.9 Å². The van der Waals surface area contributed by atoms with Crippen LogP contribution in [-0.2, 0) is 6.42 Å². The van der Waals surface area contributed by atoms with Crippen LogP contribution in [0.2, 0.25) is 5.02 Å². The molecule has 17 heavy (non-hydrogen) atoms. The van der Waals surface area contributed by atoms with Crippen molar-refractivity contribution in [3.05, 3.63) is 34.9 Å². The van der Waals surface area contributed by atoms with E-state index in [0.717, 1.165) is 23.2 Å². The van der Waals surface area contributed by atoms with Crippen LogP contribution in [0, 0.1) is 5.92 Å². The maximum Gasteiger partial charge on any atom is 0.225 e. The second-order valence-electron chi connectivity index (χ2n) is 4.48. The zero-order valence-corrected chi connectivity index (χ0v) is 10.7. The van der Waals surface area contributed by atoms with E-state index in [0.29, 0.717) is 16.8 Å². The molecule has 0 saturated carbocycles. The Morgan fingerprint density at radius 2 is 2.18 bits per heavy atom. The first kappa shape index (κ1) is 12.0. The predicted molar refractivity (Wildman–Crippen MR) is 69.9 cm³/mol. The summed E-state index contributed by atoms with van der Waals surface area (Å²) in [6, 6.07) is 7.54. The molecule has 0 aliphatic heterocycles. The lowest BCUT2D eigenvalue weighted by Crippen LogP contribution is -1.98. The van der Waals surface area contributed by atoms with Gasteiger partial charge in [-0.05, 0) is 24.5 Å². The fourth-order valence-electron chi connectivity index (χ4n) is 1.79. The molecule has 4 heteroatoms. The van der Waals surface area contributed by atoms with E-state index in [9.17, 15) is 0 Å². The number of hydrogen-bond acceptors (Lipinski definition) is 3. The van der Waals surface area contributed by atoms with E-state index >= 15 is 0 Å². The van der Waals surface area contributed by atoms with Crippen molar-refractivity contribution in [1.29, 1.82) is 0 Å². The molecule has 1 aromatic heterocycles. The lowest BCUT2D eigenvalue weighted by atomic mass is 9.99. The van der Waals surface area contributed by atoms with Crippen LogP contribution in [0.4, 0.5) is 5.88 Å². The van der Waals surface area contributed by atoms with Gasteiger partial charge in [0.25, 0.3) is 0 Å². The summed E-state index contributed by atoms with van der Waals surface area (Å²) in [6.07, 6.45) is 0.844. The molecular formula is C13H15ClN2O. The fourth-order valence-corrected chi connectivity index (χ4v) is 1.98. The second kappa shape index (κ2) is 4.80. The number of anilines is 1. The molecule has 0 fully saturated rings. The predicted octanol–water partition coefficient (Wildman–Crippen LogP) is 3.78. The van der Waals surface area contributed by atoms with Crippen LogP contribution >= 0.6 is 11.6 Å². The van der Waals surface area contributed by atoms with Crippen LogP contribution in [0.3, 0.4) is 0 Å². The van der Waals surface area contributed by atoms with Crippen molar-refractivity contribution < 1.29 is 4.52 Å². The molecule has 0 atom stereocenters. The van der Waals surface area contributed by atoms with E-state index in [1.807, 2.05) is 24.3 Å². The Bertz CT molecular complexity index is 520. The third kappa shape index (κ3) is 2.61. The van der Waals surface area contributed by atoms with Gasteiger partial charge in [-0.25, -0.2) is 0 Å². The Kier molecular flexibility index (Phi) is 3.38. The maximum absolute atomic E-state index is 5.97. The molecule has 0 aliphatic carbocycles. The highest BCUT2D eigenvalue weighted by Gasteiger charge is 2.16. The van der Waals surface area contributed by atoms with Crippen molar-refractivity contribution in [2.24, 2.45) is 5.92 Å². The Labute approximate surface area is 106 Å². The third-order valence-corrected chi connectivity index (χ3v) is 2.76. The zero-order valence-electron chi connectivity index (χ0n) is 9.90. The van der Waals surface area contributed by atoms with Gasteiger partial charge < -0.3 is 10.3 Å². The number of nitrogens with two attached hydrogens (primary N) is 1. The van der Waals surface area contributed by atoms with E-state index in [-0.39, 0.29) is 0 Å². The Balaban J connectivity index is 2.45. The van der Waals surface area contributed by atoms with Gasteiger partial charge in [-0.1, -0.05) is 42.7 Å². The highest BCUT2D eigenvalue weighted by atomic mass is 35.5. The number of halogens is 1. The van der Waals surface area contributed by atoms with Crippen molar-refractivity contribution >= 4 is 17.5 Å². The van der Waals surface area contributed by atoms with E-state index < -0.39 is 0 Å². The Morgan fingerprint density at radius 1 is 1.41 bits per heavy atom. The van der Waals surface area contributed by atoms with Gasteiger partial charge in [-0.2, -0.15) is 0 Å². The van der Waals surface area contributed by atoms with Gasteiger partial charge in [0.1, 0.15) is 5.69 Å². The largest absolute Gasteiger partial charge is 0.367 e. The number of hydrogen-bond donors (Lipinski definition) is 1. The first-order chi connectivity index (χ1) is 8.08. The molecule has 1 aromatic carbocycles. The van der Waals surface area contributed by atoms with Gasteiger partial charge in [-0.3, -0.25) is 0 Å². The van der Waals surface area contributed by atoms with Gasteiger partial charge in [0.05, 0.1) is 0 Å². The SMILES string of the molecule is CC(C)Cc1c(-c2cccc(Cl)c2)noc1N. The van der Waals surface area contributed by atoms with Crippen LogP contribution in [0.15, 0.2) is 28.8 Å². The maximum atomic E-state index is 5.97. The van der Waals surface area contributed by atoms with Crippen LogP contribution < -0.4 is 5.73 Å². The molecule has 2 rings (SSSR count). The summed E-state index contributed by atoms with van der Waals surface area (Å²) >= 11 is 5.97. The number of benzene rings is 1. The lowest BCUT2D eigenvalue weighted by Gasteiger charge is -2.05. The molecule has 0 aliphatic rings. The number of nitrogen functional groups attached to an aromatic ring is 1. The summed E-state index contributed by atoms with van der Waals surface area (Å²) in [7, 11) is 0. The van der Waals surface area contributed by atoms with Gasteiger partial charge in [0, 0.05) is 16.1 Å². The minimum Gasteiger partial charge on any atom is -0.367 e. The molecule has 0 amide bonds. The summed E-state index contributed by atoms with van der Waals surface area (Å²) in [6.45, 7) is 4.27. The van der Waals surface area contributed by atoms with Crippen LogP contribution in [0.5, 0.6) is 0 Å². The van der Waals surface area contributed by atoms with E-state index in [1.54, 1.807) is 0 Å². The van der Waals surface area contributed by atoms with Gasteiger partial charge in [0.15, 0.2) is 0 Å². The van der Waals surface area contributed by atoms with Crippen LogP contribution in [0.1, 0.15) is 19.4 Å². The highest BCUT2D eigenvalue weighted by Crippen LogP contribution is 2.30. The minimum absolute atomic E-state index is 0.397. The molecule has 0 radical (unpaired) electrons. The minimum atomic E-state index is 0.397. The van der Waals surface area contributed by atoms with E-state index in [1.165, 1.54) is 0 Å². The summed E-state index contributed by atoms with van der Waals surface area (Å²) < 4.78 is 5.08. The summed E-state index contributed by atoms with van der Waals surface area (Å²) in [5.41, 5.74) is 8.49. The van der Waals surface area contributed by atoms with Crippen molar-refractivity contribution in [2.45, 2.75) is 20.3 Å². The molecule has 0 saturated heterocycles. The van der Waals surface area contributed by atoms with Crippen LogP contribution in [-0.4, -0.2) is 5.16 Å². The Hall–Kier alpha value is -1.48. The normalized spacial score (nSPS) is 11.1. The van der Waals surface area contributed by atoms with Gasteiger partial charge in [0.2, 0.25) is 5.88 Å². The third-order valence-electron chi connectivity index (χ3n) is 2.53. The fraction of sp³-hybridized carbons (Fsp3) is 0.308. The Morgan fingerprint density at radius 3 is 2.82 bits per heavy atom. The molecule has 2 aromatic rings. The molecular weight excluding hydrogens is 236 g/mol. The monoisotopic (exact) mass is 250 g/mol. The average molecular weight is 251 g/mol. The molecule has 2 N–H and O–H groups in total. The highest BCUT2D eigenvalue weighted by molar-refractivity contribution is 6.30. The molecule has 0 unspecified atom stereocenters. The number of aromatic nitrogens is 1. The van der Waals surface area contributed by atoms with Crippen molar-refractivity contribution in [3.8, 4) is 11.3 Å². The van der Waals surface area contributed by atoms with Crippen molar-refractivity contribution in [2.75, 3.05) is 5.73 Å².